The Morgan fingerprint density at radius 3 is 3.05 bits per heavy atom. The van der Waals surface area contributed by atoms with E-state index in [4.69, 9.17) is 11.6 Å². The molecule has 0 bridgehead atoms. The largest absolute Gasteiger partial charge is 0.321 e. The number of hydrogen-bond acceptors (Lipinski definition) is 4. The third kappa shape index (κ3) is 4.11. The Kier molecular flexibility index (Phi) is 5.20. The lowest BCUT2D eigenvalue weighted by molar-refractivity contribution is -0.111. The summed E-state index contributed by atoms with van der Waals surface area (Å²) >= 11 is 7.48. The fourth-order valence-corrected chi connectivity index (χ4v) is 2.13. The molecular formula is C13H13ClN4OS. The van der Waals surface area contributed by atoms with Gasteiger partial charge in [0.05, 0.1) is 10.7 Å². The molecule has 20 heavy (non-hydrogen) atoms. The van der Waals surface area contributed by atoms with Crippen LogP contribution in [0, 0.1) is 0 Å². The average Bonchev–Trinajstić information content (AvgIpc) is 2.87. The van der Waals surface area contributed by atoms with Crippen molar-refractivity contribution in [1.29, 1.82) is 0 Å². The molecular weight excluding hydrogens is 296 g/mol. The van der Waals surface area contributed by atoms with Crippen LogP contribution in [-0.2, 0) is 4.79 Å². The quantitative estimate of drug-likeness (QED) is 0.657. The molecule has 104 valence electrons. The van der Waals surface area contributed by atoms with Crippen LogP contribution in [0.15, 0.2) is 35.5 Å². The number of aromatic nitrogens is 3. The third-order valence-electron chi connectivity index (χ3n) is 2.28. The number of rotatable bonds is 5. The summed E-state index contributed by atoms with van der Waals surface area (Å²) in [5.41, 5.74) is 0.573. The van der Waals surface area contributed by atoms with Gasteiger partial charge in [0.25, 0.3) is 0 Å². The Labute approximate surface area is 125 Å². The molecule has 0 saturated carbocycles. The molecule has 5 nitrogen and oxygen atoms in total. The Balaban J connectivity index is 1.96. The molecule has 2 aromatic rings. The first-order chi connectivity index (χ1) is 9.69. The van der Waals surface area contributed by atoms with E-state index in [2.05, 4.69) is 20.5 Å². The molecule has 2 N–H and O–H groups in total. The van der Waals surface area contributed by atoms with E-state index in [0.29, 0.717) is 21.7 Å². The van der Waals surface area contributed by atoms with Gasteiger partial charge in [0.2, 0.25) is 11.1 Å². The Morgan fingerprint density at radius 1 is 1.50 bits per heavy atom. The number of thioether (sulfide) groups is 1. The number of carbonyl (C=O) groups excluding carboxylic acids is 1. The Morgan fingerprint density at radius 2 is 2.30 bits per heavy atom. The first-order valence-corrected chi connectivity index (χ1v) is 7.34. The van der Waals surface area contributed by atoms with Crippen molar-refractivity contribution >= 4 is 41.0 Å². The van der Waals surface area contributed by atoms with Crippen molar-refractivity contribution in [2.75, 3.05) is 11.1 Å². The fourth-order valence-electron chi connectivity index (χ4n) is 1.42. The van der Waals surface area contributed by atoms with Crippen molar-refractivity contribution in [1.82, 2.24) is 15.2 Å². The standard InChI is InChI=1S/C13H13ClN4OS/c1-2-20-13-16-11(17-18-13)7-8-12(19)15-10-6-4-3-5-9(10)14/h3-8H,2H2,1H3,(H,15,19)(H,16,17,18)/b8-7-. The third-order valence-corrected chi connectivity index (χ3v) is 3.34. The molecule has 1 aromatic carbocycles. The molecule has 0 aliphatic heterocycles. The Bertz CT molecular complexity index is 626. The van der Waals surface area contributed by atoms with E-state index in [9.17, 15) is 4.79 Å². The maximum atomic E-state index is 11.7. The lowest BCUT2D eigenvalue weighted by Gasteiger charge is -2.03. The van der Waals surface area contributed by atoms with Gasteiger partial charge >= 0.3 is 0 Å². The van der Waals surface area contributed by atoms with Gasteiger partial charge in [-0.05, 0) is 24.0 Å². The highest BCUT2D eigenvalue weighted by molar-refractivity contribution is 7.99. The van der Waals surface area contributed by atoms with E-state index in [1.54, 1.807) is 30.3 Å². The Hall–Kier alpha value is -1.79. The molecule has 1 amide bonds. The van der Waals surface area contributed by atoms with Gasteiger partial charge in [-0.25, -0.2) is 4.98 Å². The number of nitrogens with zero attached hydrogens (tertiary/aromatic N) is 2. The number of aromatic amines is 1. The maximum Gasteiger partial charge on any atom is 0.248 e. The zero-order chi connectivity index (χ0) is 14.4. The zero-order valence-corrected chi connectivity index (χ0v) is 12.3. The molecule has 0 fully saturated rings. The average molecular weight is 309 g/mol. The van der Waals surface area contributed by atoms with Crippen molar-refractivity contribution in [3.8, 4) is 0 Å². The van der Waals surface area contributed by atoms with Crippen molar-refractivity contribution in [3.63, 3.8) is 0 Å². The van der Waals surface area contributed by atoms with Gasteiger partial charge in [0.1, 0.15) is 5.82 Å². The summed E-state index contributed by atoms with van der Waals surface area (Å²) < 4.78 is 0. The van der Waals surface area contributed by atoms with Crippen LogP contribution in [0.1, 0.15) is 12.7 Å². The van der Waals surface area contributed by atoms with Gasteiger partial charge < -0.3 is 5.32 Å². The maximum absolute atomic E-state index is 11.7. The SMILES string of the molecule is CCSc1n[nH]c(/C=C\C(=O)Nc2ccccc2Cl)n1. The molecule has 2 rings (SSSR count). The monoisotopic (exact) mass is 308 g/mol. The van der Waals surface area contributed by atoms with E-state index in [-0.39, 0.29) is 5.91 Å². The highest BCUT2D eigenvalue weighted by Crippen LogP contribution is 2.20. The molecule has 1 aromatic heterocycles. The predicted octanol–water partition coefficient (Wildman–Crippen LogP) is 3.22. The number of anilines is 1. The molecule has 0 aliphatic carbocycles. The van der Waals surface area contributed by atoms with Gasteiger partial charge in [-0.15, -0.1) is 5.10 Å². The number of halogens is 1. The van der Waals surface area contributed by atoms with Crippen LogP contribution >= 0.6 is 23.4 Å². The van der Waals surface area contributed by atoms with Gasteiger partial charge in [0, 0.05) is 6.08 Å². The highest BCUT2D eigenvalue weighted by Gasteiger charge is 2.03. The normalized spacial score (nSPS) is 10.9. The summed E-state index contributed by atoms with van der Waals surface area (Å²) in [6.07, 6.45) is 2.95. The fraction of sp³-hybridized carbons (Fsp3) is 0.154. The number of nitrogens with one attached hydrogen (secondary N) is 2. The topological polar surface area (TPSA) is 70.7 Å². The van der Waals surface area contributed by atoms with Gasteiger partial charge in [-0.2, -0.15) is 0 Å². The van der Waals surface area contributed by atoms with Crippen LogP contribution in [0.2, 0.25) is 5.02 Å². The lowest BCUT2D eigenvalue weighted by atomic mass is 10.3. The zero-order valence-electron chi connectivity index (χ0n) is 10.8. The van der Waals surface area contributed by atoms with Crippen LogP contribution < -0.4 is 5.32 Å². The lowest BCUT2D eigenvalue weighted by Crippen LogP contribution is -2.08. The molecule has 0 saturated heterocycles. The van der Waals surface area contributed by atoms with Crippen LogP contribution in [0.25, 0.3) is 6.08 Å². The van der Waals surface area contributed by atoms with Crippen molar-refractivity contribution < 1.29 is 4.79 Å². The minimum Gasteiger partial charge on any atom is -0.321 e. The van der Waals surface area contributed by atoms with E-state index in [1.807, 2.05) is 6.92 Å². The summed E-state index contributed by atoms with van der Waals surface area (Å²) in [7, 11) is 0. The molecule has 0 unspecified atom stereocenters. The molecule has 1 heterocycles. The van der Waals surface area contributed by atoms with E-state index >= 15 is 0 Å². The number of para-hydroxylation sites is 1. The second-order valence-electron chi connectivity index (χ2n) is 3.74. The predicted molar refractivity (Wildman–Crippen MR) is 81.9 cm³/mol. The van der Waals surface area contributed by atoms with Gasteiger partial charge in [-0.1, -0.05) is 42.4 Å². The van der Waals surface area contributed by atoms with Gasteiger partial charge in [-0.3, -0.25) is 9.89 Å². The van der Waals surface area contributed by atoms with E-state index in [1.165, 1.54) is 17.8 Å². The minimum absolute atomic E-state index is 0.279. The highest BCUT2D eigenvalue weighted by atomic mass is 35.5. The van der Waals surface area contributed by atoms with Crippen molar-refractivity contribution in [2.24, 2.45) is 0 Å². The number of benzene rings is 1. The molecule has 0 atom stereocenters. The van der Waals surface area contributed by atoms with E-state index < -0.39 is 0 Å². The summed E-state index contributed by atoms with van der Waals surface area (Å²) in [6.45, 7) is 2.02. The second-order valence-corrected chi connectivity index (χ2v) is 5.38. The first-order valence-electron chi connectivity index (χ1n) is 5.98. The molecule has 0 radical (unpaired) electrons. The smallest absolute Gasteiger partial charge is 0.248 e. The first kappa shape index (κ1) is 14.6. The number of amides is 1. The van der Waals surface area contributed by atoms with Gasteiger partial charge in [0.15, 0.2) is 0 Å². The van der Waals surface area contributed by atoms with Crippen LogP contribution in [0.4, 0.5) is 5.69 Å². The summed E-state index contributed by atoms with van der Waals surface area (Å²) in [6, 6.07) is 7.05. The summed E-state index contributed by atoms with van der Waals surface area (Å²) in [5.74, 6) is 1.16. The minimum atomic E-state index is -0.279. The molecule has 0 aliphatic rings. The van der Waals surface area contributed by atoms with Crippen molar-refractivity contribution in [3.05, 3.63) is 41.2 Å². The number of H-pyrrole nitrogens is 1. The molecule has 7 heteroatoms. The summed E-state index contributed by atoms with van der Waals surface area (Å²) in [4.78, 5) is 15.9. The van der Waals surface area contributed by atoms with E-state index in [0.717, 1.165) is 5.75 Å². The van der Waals surface area contributed by atoms with Crippen LogP contribution in [-0.4, -0.2) is 26.8 Å². The number of carbonyl (C=O) groups is 1. The van der Waals surface area contributed by atoms with Crippen LogP contribution in [0.3, 0.4) is 0 Å². The second kappa shape index (κ2) is 7.12. The molecule has 0 spiro atoms. The van der Waals surface area contributed by atoms with Crippen molar-refractivity contribution in [2.45, 2.75) is 12.1 Å². The number of hydrogen-bond donors (Lipinski definition) is 2. The van der Waals surface area contributed by atoms with Crippen LogP contribution in [0.5, 0.6) is 0 Å². The summed E-state index contributed by atoms with van der Waals surface area (Å²) in [5, 5.41) is 10.6.